The molecule has 30 heavy (non-hydrogen) atoms. The van der Waals surface area contributed by atoms with Crippen LogP contribution in [0.5, 0.6) is 0 Å². The summed E-state index contributed by atoms with van der Waals surface area (Å²) < 4.78 is 42.7. The topological polar surface area (TPSA) is 83.2 Å². The van der Waals surface area contributed by atoms with Crippen molar-refractivity contribution >= 4 is 22.8 Å². The summed E-state index contributed by atoms with van der Waals surface area (Å²) in [6, 6.07) is 11.1. The number of fused-ring (bicyclic) bond motifs is 1. The molecule has 9 heteroatoms. The zero-order valence-corrected chi connectivity index (χ0v) is 16.0. The molecule has 3 rings (SSSR count). The van der Waals surface area contributed by atoms with Gasteiger partial charge in [0.25, 0.3) is 0 Å². The molecule has 0 unspecified atom stereocenters. The standard InChI is InChI=1S/C21H20F3N3O3/c1-30-20(29)18(11-14-12-25-17-5-3-2-4-16(14)17)26-27-19(28)10-13-6-8-15(9-7-13)21(22,23)24/h2-9,12,18,25-26H,10-11H2,1H3,(H,27,28)/t18-/m0/s1. The van der Waals surface area contributed by atoms with Gasteiger partial charge < -0.3 is 9.72 Å². The van der Waals surface area contributed by atoms with Gasteiger partial charge in [-0.2, -0.15) is 13.2 Å². The van der Waals surface area contributed by atoms with Gasteiger partial charge in [0.2, 0.25) is 5.91 Å². The first-order valence-corrected chi connectivity index (χ1v) is 9.11. The van der Waals surface area contributed by atoms with E-state index in [1.165, 1.54) is 19.2 Å². The van der Waals surface area contributed by atoms with Crippen molar-refractivity contribution in [2.75, 3.05) is 7.11 Å². The number of H-pyrrole nitrogens is 1. The van der Waals surface area contributed by atoms with E-state index in [-0.39, 0.29) is 12.8 Å². The summed E-state index contributed by atoms with van der Waals surface area (Å²) in [7, 11) is 1.25. The molecule has 1 amide bonds. The Morgan fingerprint density at radius 2 is 1.80 bits per heavy atom. The number of rotatable bonds is 7. The van der Waals surface area contributed by atoms with Crippen molar-refractivity contribution < 1.29 is 27.5 Å². The number of nitrogens with one attached hydrogen (secondary N) is 3. The van der Waals surface area contributed by atoms with Crippen LogP contribution in [0.25, 0.3) is 10.9 Å². The molecule has 0 aliphatic rings. The number of benzene rings is 2. The molecule has 3 aromatic rings. The number of para-hydroxylation sites is 1. The van der Waals surface area contributed by atoms with Crippen molar-refractivity contribution in [1.82, 2.24) is 15.8 Å². The Labute approximate surface area is 170 Å². The maximum absolute atomic E-state index is 12.6. The van der Waals surface area contributed by atoms with E-state index in [0.717, 1.165) is 28.6 Å². The summed E-state index contributed by atoms with van der Waals surface area (Å²) in [5.41, 5.74) is 6.50. The molecule has 158 valence electrons. The van der Waals surface area contributed by atoms with Crippen molar-refractivity contribution in [3.05, 3.63) is 71.4 Å². The number of aromatic nitrogens is 1. The summed E-state index contributed by atoms with van der Waals surface area (Å²) in [4.78, 5) is 27.4. The Morgan fingerprint density at radius 1 is 1.10 bits per heavy atom. The number of hydrogen-bond donors (Lipinski definition) is 3. The number of halogens is 3. The number of carbonyl (C=O) groups excluding carboxylic acids is 2. The van der Waals surface area contributed by atoms with Crippen molar-refractivity contribution in [2.24, 2.45) is 0 Å². The number of ether oxygens (including phenoxy) is 1. The molecule has 0 spiro atoms. The molecule has 1 aromatic heterocycles. The first kappa shape index (κ1) is 21.4. The van der Waals surface area contributed by atoms with Crippen LogP contribution in [0, 0.1) is 0 Å². The van der Waals surface area contributed by atoms with E-state index in [2.05, 4.69) is 15.8 Å². The summed E-state index contributed by atoms with van der Waals surface area (Å²) >= 11 is 0. The Hall–Kier alpha value is -3.33. The third-order valence-electron chi connectivity index (χ3n) is 4.62. The van der Waals surface area contributed by atoms with Crippen molar-refractivity contribution in [1.29, 1.82) is 0 Å². The molecule has 1 heterocycles. The second kappa shape index (κ2) is 9.00. The third-order valence-corrected chi connectivity index (χ3v) is 4.62. The monoisotopic (exact) mass is 419 g/mol. The second-order valence-electron chi connectivity index (χ2n) is 6.70. The molecule has 0 bridgehead atoms. The molecule has 0 radical (unpaired) electrons. The molecule has 2 aromatic carbocycles. The normalized spacial score (nSPS) is 12.5. The fourth-order valence-electron chi connectivity index (χ4n) is 3.06. The molecular weight excluding hydrogens is 399 g/mol. The van der Waals surface area contributed by atoms with E-state index in [4.69, 9.17) is 4.74 Å². The average Bonchev–Trinajstić information content (AvgIpc) is 3.13. The molecule has 3 N–H and O–H groups in total. The van der Waals surface area contributed by atoms with Crippen molar-refractivity contribution in [3.63, 3.8) is 0 Å². The number of carbonyl (C=O) groups is 2. The van der Waals surface area contributed by atoms with Gasteiger partial charge in [0.15, 0.2) is 0 Å². The van der Waals surface area contributed by atoms with Gasteiger partial charge in [-0.05, 0) is 29.3 Å². The molecule has 0 saturated carbocycles. The highest BCUT2D eigenvalue weighted by molar-refractivity contribution is 5.85. The fourth-order valence-corrected chi connectivity index (χ4v) is 3.06. The highest BCUT2D eigenvalue weighted by atomic mass is 19.4. The molecule has 0 aliphatic carbocycles. The number of esters is 1. The zero-order valence-electron chi connectivity index (χ0n) is 16.0. The Bertz CT molecular complexity index is 1030. The number of methoxy groups -OCH3 is 1. The van der Waals surface area contributed by atoms with E-state index in [9.17, 15) is 22.8 Å². The number of hydrazine groups is 1. The van der Waals surface area contributed by atoms with E-state index in [1.54, 1.807) is 6.20 Å². The van der Waals surface area contributed by atoms with Gasteiger partial charge in [0.1, 0.15) is 6.04 Å². The molecular formula is C21H20F3N3O3. The lowest BCUT2D eigenvalue weighted by Crippen LogP contribution is -2.50. The largest absolute Gasteiger partial charge is 0.468 e. The fraction of sp³-hybridized carbons (Fsp3) is 0.238. The number of amides is 1. The van der Waals surface area contributed by atoms with Crippen LogP contribution in [-0.2, 0) is 33.3 Å². The second-order valence-corrected chi connectivity index (χ2v) is 6.70. The van der Waals surface area contributed by atoms with Crippen LogP contribution in [0.2, 0.25) is 0 Å². The van der Waals surface area contributed by atoms with Crippen LogP contribution in [0.15, 0.2) is 54.7 Å². The van der Waals surface area contributed by atoms with Gasteiger partial charge in [-0.1, -0.05) is 30.3 Å². The van der Waals surface area contributed by atoms with Crippen LogP contribution in [0.3, 0.4) is 0 Å². The average molecular weight is 419 g/mol. The van der Waals surface area contributed by atoms with Crippen molar-refractivity contribution in [3.8, 4) is 0 Å². The number of hydrogen-bond acceptors (Lipinski definition) is 4. The van der Waals surface area contributed by atoms with E-state index in [1.807, 2.05) is 24.3 Å². The van der Waals surface area contributed by atoms with Gasteiger partial charge in [-0.3, -0.25) is 15.0 Å². The van der Waals surface area contributed by atoms with Crippen LogP contribution >= 0.6 is 0 Å². The maximum Gasteiger partial charge on any atom is 0.416 e. The first-order valence-electron chi connectivity index (χ1n) is 9.11. The quantitative estimate of drug-likeness (QED) is 0.406. The predicted octanol–water partition coefficient (Wildman–Crippen LogP) is 3.13. The maximum atomic E-state index is 12.6. The Morgan fingerprint density at radius 3 is 2.47 bits per heavy atom. The number of alkyl halides is 3. The minimum Gasteiger partial charge on any atom is -0.468 e. The molecule has 0 fully saturated rings. The summed E-state index contributed by atoms with van der Waals surface area (Å²) in [6.45, 7) is 0. The van der Waals surface area contributed by atoms with Crippen LogP contribution in [0.4, 0.5) is 13.2 Å². The van der Waals surface area contributed by atoms with Crippen LogP contribution in [-0.4, -0.2) is 30.0 Å². The zero-order chi connectivity index (χ0) is 21.7. The molecule has 0 aliphatic heterocycles. The van der Waals surface area contributed by atoms with Gasteiger partial charge in [0.05, 0.1) is 19.1 Å². The highest BCUT2D eigenvalue weighted by Crippen LogP contribution is 2.29. The lowest BCUT2D eigenvalue weighted by Gasteiger charge is -2.17. The SMILES string of the molecule is COC(=O)[C@H](Cc1c[nH]c2ccccc12)NNC(=O)Cc1ccc(C(F)(F)F)cc1. The molecule has 0 saturated heterocycles. The lowest BCUT2D eigenvalue weighted by atomic mass is 10.1. The lowest BCUT2D eigenvalue weighted by molar-refractivity contribution is -0.143. The third kappa shape index (κ3) is 5.18. The number of aromatic amines is 1. The van der Waals surface area contributed by atoms with E-state index >= 15 is 0 Å². The highest BCUT2D eigenvalue weighted by Gasteiger charge is 2.30. The Kier molecular flexibility index (Phi) is 6.41. The summed E-state index contributed by atoms with van der Waals surface area (Å²) in [6.07, 6.45) is -2.53. The van der Waals surface area contributed by atoms with Crippen LogP contribution in [0.1, 0.15) is 16.7 Å². The smallest absolute Gasteiger partial charge is 0.416 e. The minimum absolute atomic E-state index is 0.147. The van der Waals surface area contributed by atoms with E-state index < -0.39 is 29.7 Å². The molecule has 1 atom stereocenters. The predicted molar refractivity (Wildman–Crippen MR) is 104 cm³/mol. The van der Waals surface area contributed by atoms with Crippen LogP contribution < -0.4 is 10.9 Å². The van der Waals surface area contributed by atoms with Gasteiger partial charge in [0, 0.05) is 23.5 Å². The van der Waals surface area contributed by atoms with Crippen molar-refractivity contribution in [2.45, 2.75) is 25.1 Å². The first-order chi connectivity index (χ1) is 14.3. The molecule has 6 nitrogen and oxygen atoms in total. The van der Waals surface area contributed by atoms with Gasteiger partial charge >= 0.3 is 12.1 Å². The van der Waals surface area contributed by atoms with Gasteiger partial charge in [-0.25, -0.2) is 5.43 Å². The minimum atomic E-state index is -4.43. The Balaban J connectivity index is 1.61. The van der Waals surface area contributed by atoms with Gasteiger partial charge in [-0.15, -0.1) is 0 Å². The van der Waals surface area contributed by atoms with E-state index in [0.29, 0.717) is 5.56 Å². The summed E-state index contributed by atoms with van der Waals surface area (Å²) in [5.74, 6) is -1.06. The summed E-state index contributed by atoms with van der Waals surface area (Å²) in [5, 5.41) is 0.948.